The fourth-order valence-electron chi connectivity index (χ4n) is 2.20. The van der Waals surface area contributed by atoms with E-state index in [2.05, 4.69) is 139 Å². The second-order valence-corrected chi connectivity index (χ2v) is 5.73. The van der Waals surface area contributed by atoms with Crippen molar-refractivity contribution in [2.45, 2.75) is 72.1 Å². The van der Waals surface area contributed by atoms with Gasteiger partial charge < -0.3 is 20.1 Å². The Hall–Kier alpha value is -3.70. The van der Waals surface area contributed by atoms with E-state index >= 15 is 0 Å². The van der Waals surface area contributed by atoms with Crippen molar-refractivity contribution in [3.8, 4) is 5.75 Å². The molecule has 268 valence electrons. The molecule has 0 bridgehead atoms. The van der Waals surface area contributed by atoms with Crippen molar-refractivity contribution in [3.63, 3.8) is 0 Å². The maximum atomic E-state index is 9.58. The largest absolute Gasteiger partial charge is 0.508 e. The van der Waals surface area contributed by atoms with Crippen LogP contribution in [-0.2, 0) is 11.2 Å². The highest BCUT2D eigenvalue weighted by atomic mass is 16.5. The lowest BCUT2D eigenvalue weighted by atomic mass is 10.0. The van der Waals surface area contributed by atoms with E-state index in [4.69, 9.17) is 14.9 Å². The van der Waals surface area contributed by atoms with Gasteiger partial charge in [-0.05, 0) is 38.3 Å². The van der Waals surface area contributed by atoms with E-state index in [1.165, 1.54) is 44.9 Å². The molecule has 4 heteroatoms. The topological polar surface area (TPSA) is 69.9 Å². The van der Waals surface area contributed by atoms with Crippen LogP contribution in [0.3, 0.4) is 0 Å². The van der Waals surface area contributed by atoms with E-state index in [1.807, 2.05) is 32.0 Å². The van der Waals surface area contributed by atoms with Crippen LogP contribution in [-0.4, -0.2) is 41.7 Å². The normalized spacial score (nSPS) is 6.24. The minimum absolute atomic E-state index is 0.125. The highest BCUT2D eigenvalue weighted by Crippen LogP contribution is 2.18. The molecular formula is C41H80O4. The standard InChI is InChI=1S/C15H24O.C4H10O.C2H6O2.10C2H4/c1-2-3-4-5-6-7-8-11-14-12-9-10-13-15(14)16;1-3-5-4-2;3-1-2-4;10*1-2/h9-10,12-13,16H,2-8,11H2,1H3;3-4H2,1-2H3;3-4H,1-2H2;10*1-2H2. The van der Waals surface area contributed by atoms with Gasteiger partial charge in [-0.25, -0.2) is 0 Å². The first-order chi connectivity index (χ1) is 22.2. The van der Waals surface area contributed by atoms with Crippen LogP contribution >= 0.6 is 0 Å². The minimum Gasteiger partial charge on any atom is -0.508 e. The average Bonchev–Trinajstić information content (AvgIpc) is 3.17. The predicted octanol–water partition coefficient (Wildman–Crippen LogP) is 12.7. The van der Waals surface area contributed by atoms with Crippen LogP contribution in [0.15, 0.2) is 156 Å². The second-order valence-electron chi connectivity index (χ2n) is 5.73. The van der Waals surface area contributed by atoms with Gasteiger partial charge >= 0.3 is 0 Å². The molecule has 0 spiro atoms. The molecule has 3 N–H and O–H groups in total. The van der Waals surface area contributed by atoms with Crippen LogP contribution in [0, 0.1) is 0 Å². The van der Waals surface area contributed by atoms with Crippen molar-refractivity contribution in [1.29, 1.82) is 0 Å². The molecule has 0 aliphatic carbocycles. The van der Waals surface area contributed by atoms with Crippen molar-refractivity contribution in [2.75, 3.05) is 26.4 Å². The molecule has 0 radical (unpaired) electrons. The molecule has 4 nitrogen and oxygen atoms in total. The molecular weight excluding hydrogens is 556 g/mol. The summed E-state index contributed by atoms with van der Waals surface area (Å²) < 4.78 is 4.83. The molecule has 0 aliphatic heterocycles. The molecule has 0 unspecified atom stereocenters. The Labute approximate surface area is 285 Å². The van der Waals surface area contributed by atoms with E-state index in [0.29, 0.717) is 5.75 Å². The molecule has 45 heavy (non-hydrogen) atoms. The van der Waals surface area contributed by atoms with E-state index < -0.39 is 0 Å². The number of unbranched alkanes of at least 4 members (excludes halogenated alkanes) is 6. The summed E-state index contributed by atoms with van der Waals surface area (Å²) in [5.74, 6) is 0.452. The summed E-state index contributed by atoms with van der Waals surface area (Å²) in [5.41, 5.74) is 1.09. The number of phenols is 1. The molecule has 0 fully saturated rings. The molecule has 0 saturated heterocycles. The lowest BCUT2D eigenvalue weighted by Crippen LogP contribution is -1.87. The lowest BCUT2D eigenvalue weighted by Gasteiger charge is -2.04. The molecule has 0 amide bonds. The highest BCUT2D eigenvalue weighted by Gasteiger charge is 1.98. The molecule has 1 aromatic carbocycles. The number of aliphatic hydroxyl groups is 2. The van der Waals surface area contributed by atoms with Gasteiger partial charge in [0.15, 0.2) is 0 Å². The van der Waals surface area contributed by atoms with Gasteiger partial charge in [-0.15, -0.1) is 132 Å². The Kier molecular flexibility index (Phi) is 290. The maximum Gasteiger partial charge on any atom is 0.118 e. The number of hydrogen-bond acceptors (Lipinski definition) is 4. The van der Waals surface area contributed by atoms with E-state index in [1.54, 1.807) is 6.07 Å². The van der Waals surface area contributed by atoms with Gasteiger partial charge in [0, 0.05) is 13.2 Å². The van der Waals surface area contributed by atoms with Crippen LogP contribution in [0.4, 0.5) is 0 Å². The zero-order valence-corrected chi connectivity index (χ0v) is 30.7. The molecule has 0 atom stereocenters. The average molecular weight is 637 g/mol. The van der Waals surface area contributed by atoms with Crippen molar-refractivity contribution in [2.24, 2.45) is 0 Å². The zero-order valence-electron chi connectivity index (χ0n) is 30.7. The Morgan fingerprint density at radius 1 is 0.467 bits per heavy atom. The Bertz CT molecular complexity index is 457. The number of aryl methyl sites for hydroxylation is 1. The number of phenolic OH excluding ortho intramolecular Hbond substituents is 1. The van der Waals surface area contributed by atoms with Gasteiger partial charge in [0.1, 0.15) is 5.75 Å². The summed E-state index contributed by atoms with van der Waals surface area (Å²) >= 11 is 0. The fourth-order valence-corrected chi connectivity index (χ4v) is 2.20. The van der Waals surface area contributed by atoms with Gasteiger partial charge in [0.2, 0.25) is 0 Å². The van der Waals surface area contributed by atoms with Crippen LogP contribution in [0.25, 0.3) is 0 Å². The summed E-state index contributed by atoms with van der Waals surface area (Å²) in [4.78, 5) is 0. The number of ether oxygens (including phenoxy) is 1. The third-order valence-corrected chi connectivity index (χ3v) is 3.55. The van der Waals surface area contributed by atoms with Crippen molar-refractivity contribution in [1.82, 2.24) is 0 Å². The second kappa shape index (κ2) is 167. The minimum atomic E-state index is -0.125. The van der Waals surface area contributed by atoms with Crippen LogP contribution in [0.2, 0.25) is 0 Å². The summed E-state index contributed by atoms with van der Waals surface area (Å²) in [6, 6.07) is 7.67. The Morgan fingerprint density at radius 3 is 1.00 bits per heavy atom. The van der Waals surface area contributed by atoms with Gasteiger partial charge in [-0.1, -0.05) is 63.6 Å². The third kappa shape index (κ3) is 159. The lowest BCUT2D eigenvalue weighted by molar-refractivity contribution is 0.162. The summed E-state index contributed by atoms with van der Waals surface area (Å²) in [7, 11) is 0. The summed E-state index contributed by atoms with van der Waals surface area (Å²) in [5, 5.41) is 24.8. The predicted molar refractivity (Wildman–Crippen MR) is 219 cm³/mol. The van der Waals surface area contributed by atoms with Crippen molar-refractivity contribution >= 4 is 0 Å². The van der Waals surface area contributed by atoms with Crippen molar-refractivity contribution in [3.05, 3.63) is 161 Å². The number of hydrogen-bond donors (Lipinski definition) is 3. The molecule has 1 aromatic rings. The maximum absolute atomic E-state index is 9.58. The summed E-state index contributed by atoms with van der Waals surface area (Å²) in [6.07, 6.45) is 10.3. The SMILES string of the molecule is C=C.C=C.C=C.C=C.C=C.C=C.C=C.C=C.C=C.C=C.CCCCCCCCCc1ccccc1O.CCOCC.OCCO. The van der Waals surface area contributed by atoms with Gasteiger partial charge in [0.05, 0.1) is 13.2 Å². The summed E-state index contributed by atoms with van der Waals surface area (Å²) in [6.45, 7) is 67.7. The zero-order chi connectivity index (χ0) is 39.2. The van der Waals surface area contributed by atoms with E-state index in [0.717, 1.165) is 25.2 Å². The molecule has 0 aromatic heterocycles. The fraction of sp³-hybridized carbons (Fsp3) is 0.366. The van der Waals surface area contributed by atoms with Crippen LogP contribution < -0.4 is 0 Å². The van der Waals surface area contributed by atoms with Gasteiger partial charge in [0.25, 0.3) is 0 Å². The third-order valence-electron chi connectivity index (χ3n) is 3.55. The number of rotatable bonds is 11. The van der Waals surface area contributed by atoms with Crippen molar-refractivity contribution < 1.29 is 20.1 Å². The number of aliphatic hydroxyl groups excluding tert-OH is 2. The first kappa shape index (κ1) is 78.1. The monoisotopic (exact) mass is 637 g/mol. The van der Waals surface area contributed by atoms with Gasteiger partial charge in [-0.3, -0.25) is 0 Å². The smallest absolute Gasteiger partial charge is 0.118 e. The molecule has 0 aliphatic rings. The van der Waals surface area contributed by atoms with E-state index in [-0.39, 0.29) is 13.2 Å². The molecule has 1 rings (SSSR count). The molecule has 0 heterocycles. The van der Waals surface area contributed by atoms with Gasteiger partial charge in [-0.2, -0.15) is 0 Å². The number of para-hydroxylation sites is 1. The first-order valence-corrected chi connectivity index (χ1v) is 14.7. The Balaban J connectivity index is -0.0000000316. The first-order valence-electron chi connectivity index (χ1n) is 14.7. The van der Waals surface area contributed by atoms with Crippen LogP contribution in [0.5, 0.6) is 5.75 Å². The molecule has 0 saturated carbocycles. The Morgan fingerprint density at radius 2 is 0.756 bits per heavy atom. The quantitative estimate of drug-likeness (QED) is 0.167. The highest BCUT2D eigenvalue weighted by molar-refractivity contribution is 5.31. The van der Waals surface area contributed by atoms with Crippen LogP contribution in [0.1, 0.15) is 71.3 Å². The number of aromatic hydroxyl groups is 1. The van der Waals surface area contributed by atoms with E-state index in [9.17, 15) is 5.11 Å². The number of benzene rings is 1.